The molecule has 1 atom stereocenters. The second-order valence-corrected chi connectivity index (χ2v) is 5.52. The molecule has 0 aliphatic carbocycles. The molecule has 1 aromatic carbocycles. The monoisotopic (exact) mass is 326 g/mol. The van der Waals surface area contributed by atoms with Gasteiger partial charge in [0.25, 0.3) is 0 Å². The Labute approximate surface area is 138 Å². The number of aryl methyl sites for hydroxylation is 2. The van der Waals surface area contributed by atoms with Crippen molar-refractivity contribution in [3.8, 4) is 0 Å². The minimum atomic E-state index is -0.525. The van der Waals surface area contributed by atoms with Crippen molar-refractivity contribution >= 4 is 5.91 Å². The lowest BCUT2D eigenvalue weighted by Gasteiger charge is -2.16. The fraction of sp³-hybridized carbons (Fsp3) is 0.312. The summed E-state index contributed by atoms with van der Waals surface area (Å²) in [6.07, 6.45) is 1.95. The molecule has 0 unspecified atom stereocenters. The van der Waals surface area contributed by atoms with Crippen LogP contribution in [0.15, 0.2) is 41.2 Å². The zero-order valence-electron chi connectivity index (χ0n) is 13.5. The Morgan fingerprint density at radius 2 is 2.08 bits per heavy atom. The highest BCUT2D eigenvalue weighted by atomic mass is 16.5. The fourth-order valence-corrected chi connectivity index (χ4v) is 2.50. The van der Waals surface area contributed by atoms with E-state index in [9.17, 15) is 4.79 Å². The molecule has 0 bridgehead atoms. The fourth-order valence-electron chi connectivity index (χ4n) is 2.50. The van der Waals surface area contributed by atoms with E-state index >= 15 is 0 Å². The van der Waals surface area contributed by atoms with Gasteiger partial charge in [-0.2, -0.15) is 0 Å². The Hall–Kier alpha value is -3.03. The zero-order chi connectivity index (χ0) is 16.9. The number of nitrogens with zero attached hydrogens (tertiary/aromatic N) is 5. The van der Waals surface area contributed by atoms with Gasteiger partial charge in [-0.05, 0) is 29.8 Å². The first-order valence-corrected chi connectivity index (χ1v) is 7.61. The number of hydrogen-bond acceptors (Lipinski definition) is 6. The van der Waals surface area contributed by atoms with Gasteiger partial charge in [-0.1, -0.05) is 35.5 Å². The molecule has 0 fully saturated rings. The van der Waals surface area contributed by atoms with E-state index in [2.05, 4.69) is 26.0 Å². The third-order valence-corrected chi connectivity index (χ3v) is 3.88. The van der Waals surface area contributed by atoms with Crippen LogP contribution in [0.2, 0.25) is 0 Å². The normalized spacial score (nSPS) is 12.1. The van der Waals surface area contributed by atoms with Crippen LogP contribution in [0.25, 0.3) is 0 Å². The van der Waals surface area contributed by atoms with E-state index in [1.807, 2.05) is 44.2 Å². The predicted molar refractivity (Wildman–Crippen MR) is 84.8 cm³/mol. The summed E-state index contributed by atoms with van der Waals surface area (Å²) in [5, 5.41) is 18.0. The number of carbonyl (C=O) groups excluding carboxylic acids is 1. The molecule has 0 radical (unpaired) electrons. The van der Waals surface area contributed by atoms with Gasteiger partial charge in [0.1, 0.15) is 18.1 Å². The van der Waals surface area contributed by atoms with Gasteiger partial charge in [-0.15, -0.1) is 5.10 Å². The van der Waals surface area contributed by atoms with Crippen LogP contribution < -0.4 is 5.32 Å². The number of tetrazole rings is 1. The van der Waals surface area contributed by atoms with E-state index in [0.29, 0.717) is 18.7 Å². The number of hydrogen-bond donors (Lipinski definition) is 1. The van der Waals surface area contributed by atoms with Crippen molar-refractivity contribution in [3.05, 3.63) is 59.2 Å². The molecule has 2 heterocycles. The van der Waals surface area contributed by atoms with E-state index < -0.39 is 6.04 Å². The highest BCUT2D eigenvalue weighted by Gasteiger charge is 2.23. The van der Waals surface area contributed by atoms with Crippen molar-refractivity contribution < 1.29 is 9.32 Å². The molecule has 3 rings (SSSR count). The average molecular weight is 326 g/mol. The summed E-state index contributed by atoms with van der Waals surface area (Å²) in [7, 11) is 0. The molecule has 0 aliphatic rings. The second kappa shape index (κ2) is 7.03. The van der Waals surface area contributed by atoms with Gasteiger partial charge in [0.05, 0.1) is 5.69 Å². The lowest BCUT2D eigenvalue weighted by molar-refractivity contribution is -0.124. The third-order valence-electron chi connectivity index (χ3n) is 3.88. The molecule has 0 saturated carbocycles. The van der Waals surface area contributed by atoms with Gasteiger partial charge in [0, 0.05) is 18.5 Å². The van der Waals surface area contributed by atoms with Crippen molar-refractivity contribution in [3.63, 3.8) is 0 Å². The van der Waals surface area contributed by atoms with Gasteiger partial charge in [-0.25, -0.2) is 4.68 Å². The van der Waals surface area contributed by atoms with Crippen molar-refractivity contribution in [1.82, 2.24) is 30.7 Å². The summed E-state index contributed by atoms with van der Waals surface area (Å²) in [6.45, 7) is 4.03. The number of rotatable bonds is 6. The Morgan fingerprint density at radius 3 is 2.71 bits per heavy atom. The number of nitrogens with one attached hydrogen (secondary N) is 1. The van der Waals surface area contributed by atoms with Crippen LogP contribution in [0.5, 0.6) is 0 Å². The Balaban J connectivity index is 1.74. The number of amides is 1. The molecular weight excluding hydrogens is 308 g/mol. The number of aromatic nitrogens is 5. The van der Waals surface area contributed by atoms with Gasteiger partial charge in [0.2, 0.25) is 5.91 Å². The highest BCUT2D eigenvalue weighted by molar-refractivity contribution is 5.80. The molecule has 8 nitrogen and oxygen atoms in total. The maximum Gasteiger partial charge on any atom is 0.245 e. The van der Waals surface area contributed by atoms with Gasteiger partial charge in [0.15, 0.2) is 0 Å². The molecule has 124 valence electrons. The van der Waals surface area contributed by atoms with Gasteiger partial charge < -0.3 is 9.84 Å². The smallest absolute Gasteiger partial charge is 0.245 e. The average Bonchev–Trinajstić information content (AvgIpc) is 3.22. The van der Waals surface area contributed by atoms with Crippen molar-refractivity contribution in [2.24, 2.45) is 0 Å². The van der Waals surface area contributed by atoms with Gasteiger partial charge in [-0.3, -0.25) is 4.79 Å². The zero-order valence-corrected chi connectivity index (χ0v) is 13.5. The minimum absolute atomic E-state index is 0.161. The molecular formula is C16H18N6O2. The van der Waals surface area contributed by atoms with Crippen LogP contribution in [-0.2, 0) is 17.8 Å². The van der Waals surface area contributed by atoms with Crippen molar-refractivity contribution in [2.45, 2.75) is 32.9 Å². The van der Waals surface area contributed by atoms with Crippen LogP contribution in [0.4, 0.5) is 0 Å². The Morgan fingerprint density at radius 1 is 1.29 bits per heavy atom. The van der Waals surface area contributed by atoms with Crippen molar-refractivity contribution in [2.75, 3.05) is 0 Å². The summed E-state index contributed by atoms with van der Waals surface area (Å²) in [6, 6.07) is 9.23. The van der Waals surface area contributed by atoms with Crippen LogP contribution >= 0.6 is 0 Å². The lowest BCUT2D eigenvalue weighted by Crippen LogP contribution is -2.34. The SMILES string of the molecule is Cc1noc(C)c1CNC(=O)[C@H](Cc1ccccc1)n1cnnn1. The van der Waals surface area contributed by atoms with E-state index in [0.717, 1.165) is 16.8 Å². The maximum atomic E-state index is 12.7. The quantitative estimate of drug-likeness (QED) is 0.735. The molecule has 0 saturated heterocycles. The number of carbonyl (C=O) groups is 1. The largest absolute Gasteiger partial charge is 0.361 e. The van der Waals surface area contributed by atoms with E-state index in [1.165, 1.54) is 11.0 Å². The van der Waals surface area contributed by atoms with Gasteiger partial charge >= 0.3 is 0 Å². The Kier molecular flexibility index (Phi) is 4.64. The highest BCUT2D eigenvalue weighted by Crippen LogP contribution is 2.15. The van der Waals surface area contributed by atoms with E-state index in [1.54, 1.807) is 0 Å². The summed E-state index contributed by atoms with van der Waals surface area (Å²) in [5.74, 6) is 0.543. The molecule has 2 aromatic heterocycles. The van der Waals surface area contributed by atoms with E-state index in [4.69, 9.17) is 4.52 Å². The molecule has 0 spiro atoms. The third kappa shape index (κ3) is 3.48. The summed E-state index contributed by atoms with van der Waals surface area (Å²) >= 11 is 0. The minimum Gasteiger partial charge on any atom is -0.361 e. The maximum absolute atomic E-state index is 12.7. The summed E-state index contributed by atoms with van der Waals surface area (Å²) in [5.41, 5.74) is 2.69. The first kappa shape index (κ1) is 15.9. The molecule has 1 amide bonds. The molecule has 0 aliphatic heterocycles. The molecule has 24 heavy (non-hydrogen) atoms. The number of benzene rings is 1. The lowest BCUT2D eigenvalue weighted by atomic mass is 10.1. The molecule has 3 aromatic rings. The molecule has 1 N–H and O–H groups in total. The van der Waals surface area contributed by atoms with Crippen LogP contribution in [0.1, 0.15) is 28.6 Å². The first-order chi connectivity index (χ1) is 11.6. The van der Waals surface area contributed by atoms with Crippen LogP contribution in [-0.4, -0.2) is 31.3 Å². The second-order valence-electron chi connectivity index (χ2n) is 5.52. The summed E-state index contributed by atoms with van der Waals surface area (Å²) < 4.78 is 6.59. The molecule has 8 heteroatoms. The van der Waals surface area contributed by atoms with Crippen molar-refractivity contribution in [1.29, 1.82) is 0 Å². The Bertz CT molecular complexity index is 778. The summed E-state index contributed by atoms with van der Waals surface area (Å²) in [4.78, 5) is 12.7. The van der Waals surface area contributed by atoms with Crippen LogP contribution in [0, 0.1) is 13.8 Å². The van der Waals surface area contributed by atoms with E-state index in [-0.39, 0.29) is 5.91 Å². The van der Waals surface area contributed by atoms with Crippen LogP contribution in [0.3, 0.4) is 0 Å². The standard InChI is InChI=1S/C16H18N6O2/c1-11-14(12(2)24-19-11)9-17-16(23)15(22-10-18-20-21-22)8-13-6-4-3-5-7-13/h3-7,10,15H,8-9H2,1-2H3,(H,17,23)/t15-/m0/s1. The predicted octanol–water partition coefficient (Wildman–Crippen LogP) is 1.38. The first-order valence-electron chi connectivity index (χ1n) is 7.61. The topological polar surface area (TPSA) is 98.7 Å².